The van der Waals surface area contributed by atoms with E-state index in [0.29, 0.717) is 12.3 Å². The fourth-order valence-electron chi connectivity index (χ4n) is 1.14. The van der Waals surface area contributed by atoms with Gasteiger partial charge >= 0.3 is 0 Å². The summed E-state index contributed by atoms with van der Waals surface area (Å²) in [5.41, 5.74) is 6.63. The lowest BCUT2D eigenvalue weighted by Crippen LogP contribution is -2.02. The quantitative estimate of drug-likeness (QED) is 0.791. The summed E-state index contributed by atoms with van der Waals surface area (Å²) in [4.78, 5) is 0.906. The van der Waals surface area contributed by atoms with E-state index in [0.717, 1.165) is 11.3 Å². The first-order valence-electron chi connectivity index (χ1n) is 4.45. The van der Waals surface area contributed by atoms with Gasteiger partial charge in [0.05, 0.1) is 10.8 Å². The number of nitrogens with two attached hydrogens (primary N) is 1. The van der Waals surface area contributed by atoms with Gasteiger partial charge in [-0.25, -0.2) is 0 Å². The normalized spacial score (nSPS) is 12.8. The Bertz CT molecular complexity index is 281. The molecule has 0 radical (unpaired) electrons. The Kier molecular flexibility index (Phi) is 4.12. The molecule has 1 unspecified atom stereocenters. The maximum absolute atomic E-state index is 11.4. The molecule has 0 aliphatic heterocycles. The van der Waals surface area contributed by atoms with Gasteiger partial charge < -0.3 is 5.73 Å². The minimum Gasteiger partial charge on any atom is -0.330 e. The first-order valence-corrected chi connectivity index (χ1v) is 5.77. The highest BCUT2D eigenvalue weighted by molar-refractivity contribution is 7.85. The third kappa shape index (κ3) is 2.94. The van der Waals surface area contributed by atoms with Crippen molar-refractivity contribution in [3.8, 4) is 0 Å². The Hall–Kier alpha value is -0.670. The highest BCUT2D eigenvalue weighted by atomic mass is 32.2. The Morgan fingerprint density at radius 3 is 2.38 bits per heavy atom. The average molecular weight is 197 g/mol. The molecule has 1 atom stereocenters. The van der Waals surface area contributed by atoms with E-state index in [4.69, 9.17) is 5.73 Å². The molecule has 1 aromatic carbocycles. The topological polar surface area (TPSA) is 43.1 Å². The molecule has 72 valence electrons. The summed E-state index contributed by atoms with van der Waals surface area (Å²) in [6.45, 7) is 2.58. The molecular weight excluding hydrogens is 182 g/mol. The molecule has 3 heteroatoms. The SMILES string of the molecule is CCS(=O)c1ccc(CCN)cc1. The van der Waals surface area contributed by atoms with Gasteiger partial charge in [-0.3, -0.25) is 4.21 Å². The molecule has 0 aromatic heterocycles. The highest BCUT2D eigenvalue weighted by Crippen LogP contribution is 2.08. The van der Waals surface area contributed by atoms with Crippen molar-refractivity contribution in [1.29, 1.82) is 0 Å². The summed E-state index contributed by atoms with van der Waals surface area (Å²) in [5, 5.41) is 0. The van der Waals surface area contributed by atoms with Gasteiger partial charge in [0.25, 0.3) is 0 Å². The average Bonchev–Trinajstić information content (AvgIpc) is 2.18. The second-order valence-electron chi connectivity index (χ2n) is 2.82. The fraction of sp³-hybridized carbons (Fsp3) is 0.400. The van der Waals surface area contributed by atoms with Crippen LogP contribution in [0.15, 0.2) is 29.2 Å². The fourth-order valence-corrected chi connectivity index (χ4v) is 1.91. The van der Waals surface area contributed by atoms with Crippen LogP contribution in [0.5, 0.6) is 0 Å². The standard InChI is InChI=1S/C10H15NOS/c1-2-13(12)10-5-3-9(4-6-10)7-8-11/h3-6H,2,7-8,11H2,1H3. The molecule has 2 N–H and O–H groups in total. The summed E-state index contributed by atoms with van der Waals surface area (Å²) in [6.07, 6.45) is 0.888. The van der Waals surface area contributed by atoms with Crippen molar-refractivity contribution in [3.63, 3.8) is 0 Å². The van der Waals surface area contributed by atoms with E-state index in [1.54, 1.807) is 0 Å². The van der Waals surface area contributed by atoms with Crippen LogP contribution in [0.1, 0.15) is 12.5 Å². The largest absolute Gasteiger partial charge is 0.330 e. The van der Waals surface area contributed by atoms with Crippen molar-refractivity contribution in [2.45, 2.75) is 18.2 Å². The number of hydrogen-bond acceptors (Lipinski definition) is 2. The van der Waals surface area contributed by atoms with Gasteiger partial charge in [-0.2, -0.15) is 0 Å². The molecule has 0 spiro atoms. The molecule has 0 saturated carbocycles. The molecule has 0 fully saturated rings. The first kappa shape index (κ1) is 10.4. The lowest BCUT2D eigenvalue weighted by Gasteiger charge is -2.01. The Morgan fingerprint density at radius 2 is 1.92 bits per heavy atom. The second-order valence-corrected chi connectivity index (χ2v) is 4.56. The van der Waals surface area contributed by atoms with Crippen molar-refractivity contribution in [2.24, 2.45) is 5.73 Å². The molecular formula is C10H15NOS. The lowest BCUT2D eigenvalue weighted by molar-refractivity contribution is 0.684. The zero-order valence-electron chi connectivity index (χ0n) is 7.82. The third-order valence-corrected chi connectivity index (χ3v) is 3.20. The van der Waals surface area contributed by atoms with Gasteiger partial charge in [-0.05, 0) is 30.7 Å². The monoisotopic (exact) mass is 197 g/mol. The Morgan fingerprint density at radius 1 is 1.31 bits per heavy atom. The van der Waals surface area contributed by atoms with Gasteiger partial charge in [-0.1, -0.05) is 19.1 Å². The van der Waals surface area contributed by atoms with E-state index in [-0.39, 0.29) is 0 Å². The van der Waals surface area contributed by atoms with Crippen LogP contribution in [0, 0.1) is 0 Å². The summed E-state index contributed by atoms with van der Waals surface area (Å²) in [6, 6.07) is 7.83. The molecule has 1 rings (SSSR count). The van der Waals surface area contributed by atoms with Crippen LogP contribution in [0.3, 0.4) is 0 Å². The first-order chi connectivity index (χ1) is 6.27. The minimum absolute atomic E-state index is 0.663. The van der Waals surface area contributed by atoms with Crippen LogP contribution in [-0.2, 0) is 17.2 Å². The van der Waals surface area contributed by atoms with Gasteiger partial charge in [0, 0.05) is 10.6 Å². The van der Waals surface area contributed by atoms with E-state index in [1.807, 2.05) is 31.2 Å². The molecule has 1 aromatic rings. The molecule has 0 amide bonds. The van der Waals surface area contributed by atoms with Crippen molar-refractivity contribution in [3.05, 3.63) is 29.8 Å². The van der Waals surface area contributed by atoms with Crippen LogP contribution in [0.25, 0.3) is 0 Å². The summed E-state index contributed by atoms with van der Waals surface area (Å²) < 4.78 is 11.4. The van der Waals surface area contributed by atoms with Gasteiger partial charge in [0.2, 0.25) is 0 Å². The van der Waals surface area contributed by atoms with E-state index in [1.165, 1.54) is 5.56 Å². The van der Waals surface area contributed by atoms with Crippen LogP contribution in [0.4, 0.5) is 0 Å². The van der Waals surface area contributed by atoms with E-state index in [9.17, 15) is 4.21 Å². The third-order valence-electron chi connectivity index (χ3n) is 1.88. The minimum atomic E-state index is -0.834. The molecule has 13 heavy (non-hydrogen) atoms. The molecule has 0 aliphatic carbocycles. The van der Waals surface area contributed by atoms with Crippen molar-refractivity contribution >= 4 is 10.8 Å². The maximum atomic E-state index is 11.4. The predicted octanol–water partition coefficient (Wildman–Crippen LogP) is 1.32. The van der Waals surface area contributed by atoms with Crippen molar-refractivity contribution in [1.82, 2.24) is 0 Å². The van der Waals surface area contributed by atoms with E-state index in [2.05, 4.69) is 0 Å². The van der Waals surface area contributed by atoms with Crippen molar-refractivity contribution < 1.29 is 4.21 Å². The molecule has 0 saturated heterocycles. The molecule has 0 bridgehead atoms. The summed E-state index contributed by atoms with van der Waals surface area (Å²) in [7, 11) is -0.834. The van der Waals surface area contributed by atoms with Gasteiger partial charge in [0.15, 0.2) is 0 Å². The van der Waals surface area contributed by atoms with E-state index >= 15 is 0 Å². The molecule has 2 nitrogen and oxygen atoms in total. The maximum Gasteiger partial charge on any atom is 0.0526 e. The van der Waals surface area contributed by atoms with Crippen LogP contribution in [0.2, 0.25) is 0 Å². The molecule has 0 aliphatic rings. The number of benzene rings is 1. The predicted molar refractivity (Wildman–Crippen MR) is 56.1 cm³/mol. The van der Waals surface area contributed by atoms with Crippen LogP contribution >= 0.6 is 0 Å². The highest BCUT2D eigenvalue weighted by Gasteiger charge is 1.99. The Labute approximate surface area is 81.6 Å². The number of rotatable bonds is 4. The summed E-state index contributed by atoms with van der Waals surface area (Å²) >= 11 is 0. The van der Waals surface area contributed by atoms with Crippen LogP contribution < -0.4 is 5.73 Å². The van der Waals surface area contributed by atoms with Gasteiger partial charge in [0.1, 0.15) is 0 Å². The lowest BCUT2D eigenvalue weighted by atomic mass is 10.2. The van der Waals surface area contributed by atoms with Crippen molar-refractivity contribution in [2.75, 3.05) is 12.3 Å². The summed E-state index contributed by atoms with van der Waals surface area (Å²) in [5.74, 6) is 0.677. The zero-order chi connectivity index (χ0) is 9.68. The van der Waals surface area contributed by atoms with Crippen LogP contribution in [-0.4, -0.2) is 16.5 Å². The Balaban J connectivity index is 2.75. The van der Waals surface area contributed by atoms with E-state index < -0.39 is 10.8 Å². The number of hydrogen-bond donors (Lipinski definition) is 1. The second kappa shape index (κ2) is 5.14. The van der Waals surface area contributed by atoms with Gasteiger partial charge in [-0.15, -0.1) is 0 Å². The zero-order valence-corrected chi connectivity index (χ0v) is 8.64. The smallest absolute Gasteiger partial charge is 0.0526 e. The molecule has 0 heterocycles.